The SMILES string of the molecule is CCC(C)C(N)C(=O)OC(C)C. The molecule has 0 heterocycles. The van der Waals surface area contributed by atoms with Crippen LogP contribution >= 0.6 is 0 Å². The van der Waals surface area contributed by atoms with Crippen LogP contribution in [0, 0.1) is 5.92 Å². The van der Waals surface area contributed by atoms with Crippen molar-refractivity contribution in [2.45, 2.75) is 46.3 Å². The van der Waals surface area contributed by atoms with Gasteiger partial charge in [0.05, 0.1) is 6.10 Å². The molecule has 0 aliphatic carbocycles. The summed E-state index contributed by atoms with van der Waals surface area (Å²) in [5, 5.41) is 0. The highest BCUT2D eigenvalue weighted by Gasteiger charge is 2.21. The van der Waals surface area contributed by atoms with Crippen LogP contribution in [0.25, 0.3) is 0 Å². The topological polar surface area (TPSA) is 52.3 Å². The third kappa shape index (κ3) is 3.72. The number of nitrogens with two attached hydrogens (primary N) is 1. The molecule has 0 aromatic carbocycles. The van der Waals surface area contributed by atoms with Crippen LogP contribution in [0.4, 0.5) is 0 Å². The Labute approximate surface area is 74.3 Å². The van der Waals surface area contributed by atoms with Crippen molar-refractivity contribution in [3.8, 4) is 0 Å². The van der Waals surface area contributed by atoms with E-state index in [2.05, 4.69) is 0 Å². The molecule has 72 valence electrons. The molecule has 0 bridgehead atoms. The van der Waals surface area contributed by atoms with E-state index in [4.69, 9.17) is 10.5 Å². The minimum atomic E-state index is -0.475. The normalized spacial score (nSPS) is 15.8. The van der Waals surface area contributed by atoms with E-state index in [9.17, 15) is 4.79 Å². The molecule has 0 fully saturated rings. The van der Waals surface area contributed by atoms with Gasteiger partial charge in [0.2, 0.25) is 0 Å². The molecule has 0 aliphatic rings. The van der Waals surface area contributed by atoms with E-state index in [0.29, 0.717) is 0 Å². The lowest BCUT2D eigenvalue weighted by molar-refractivity contribution is -0.150. The Morgan fingerprint density at radius 3 is 2.25 bits per heavy atom. The van der Waals surface area contributed by atoms with Crippen LogP contribution in [0.15, 0.2) is 0 Å². The molecule has 0 saturated heterocycles. The van der Waals surface area contributed by atoms with Crippen molar-refractivity contribution < 1.29 is 9.53 Å². The smallest absolute Gasteiger partial charge is 0.323 e. The molecule has 0 radical (unpaired) electrons. The van der Waals surface area contributed by atoms with Gasteiger partial charge < -0.3 is 10.5 Å². The molecule has 2 unspecified atom stereocenters. The lowest BCUT2D eigenvalue weighted by Crippen LogP contribution is -2.39. The average Bonchev–Trinajstić information content (AvgIpc) is 2.00. The monoisotopic (exact) mass is 173 g/mol. The first-order valence-electron chi connectivity index (χ1n) is 4.45. The first-order chi connectivity index (χ1) is 5.49. The van der Waals surface area contributed by atoms with Crippen LogP contribution in [0.3, 0.4) is 0 Å². The maximum absolute atomic E-state index is 11.2. The molecule has 2 N–H and O–H groups in total. The lowest BCUT2D eigenvalue weighted by atomic mass is 10.0. The largest absolute Gasteiger partial charge is 0.462 e. The van der Waals surface area contributed by atoms with E-state index >= 15 is 0 Å². The van der Waals surface area contributed by atoms with Crippen molar-refractivity contribution in [3.63, 3.8) is 0 Å². The first kappa shape index (κ1) is 11.4. The zero-order valence-electron chi connectivity index (χ0n) is 8.33. The minimum absolute atomic E-state index is 0.0763. The molecular formula is C9H19NO2. The Morgan fingerprint density at radius 1 is 1.42 bits per heavy atom. The second-order valence-corrected chi connectivity index (χ2v) is 3.40. The molecule has 12 heavy (non-hydrogen) atoms. The van der Waals surface area contributed by atoms with Gasteiger partial charge in [0.25, 0.3) is 0 Å². The Hall–Kier alpha value is -0.570. The minimum Gasteiger partial charge on any atom is -0.462 e. The number of esters is 1. The summed E-state index contributed by atoms with van der Waals surface area (Å²) in [6, 6.07) is -0.475. The molecule has 0 aromatic rings. The molecule has 0 amide bonds. The summed E-state index contributed by atoms with van der Waals surface area (Å²) in [4.78, 5) is 11.2. The van der Waals surface area contributed by atoms with E-state index < -0.39 is 6.04 Å². The molecule has 0 saturated carbocycles. The van der Waals surface area contributed by atoms with Gasteiger partial charge in [-0.15, -0.1) is 0 Å². The summed E-state index contributed by atoms with van der Waals surface area (Å²) < 4.78 is 4.97. The van der Waals surface area contributed by atoms with Crippen LogP contribution < -0.4 is 5.73 Å². The first-order valence-corrected chi connectivity index (χ1v) is 4.45. The molecule has 0 spiro atoms. The molecule has 0 aromatic heterocycles. The fourth-order valence-corrected chi connectivity index (χ4v) is 0.797. The third-order valence-electron chi connectivity index (χ3n) is 1.88. The second kappa shape index (κ2) is 5.14. The predicted molar refractivity (Wildman–Crippen MR) is 48.7 cm³/mol. The number of hydrogen-bond donors (Lipinski definition) is 1. The van der Waals surface area contributed by atoms with Crippen molar-refractivity contribution in [3.05, 3.63) is 0 Å². The molecule has 3 heteroatoms. The summed E-state index contributed by atoms with van der Waals surface area (Å²) in [5.41, 5.74) is 5.64. The standard InChI is InChI=1S/C9H19NO2/c1-5-7(4)8(10)9(11)12-6(2)3/h6-8H,5,10H2,1-4H3. The molecule has 0 aliphatic heterocycles. The summed E-state index contributed by atoms with van der Waals surface area (Å²) >= 11 is 0. The summed E-state index contributed by atoms with van der Waals surface area (Å²) in [7, 11) is 0. The van der Waals surface area contributed by atoms with Crippen molar-refractivity contribution in [1.82, 2.24) is 0 Å². The van der Waals surface area contributed by atoms with Crippen molar-refractivity contribution >= 4 is 5.97 Å². The Morgan fingerprint density at radius 2 is 1.92 bits per heavy atom. The zero-order chi connectivity index (χ0) is 9.72. The average molecular weight is 173 g/mol. The maximum atomic E-state index is 11.2. The van der Waals surface area contributed by atoms with Crippen molar-refractivity contribution in [2.75, 3.05) is 0 Å². The predicted octanol–water partition coefficient (Wildman–Crippen LogP) is 1.31. The maximum Gasteiger partial charge on any atom is 0.323 e. The fraction of sp³-hybridized carbons (Fsp3) is 0.889. The van der Waals surface area contributed by atoms with Gasteiger partial charge in [-0.25, -0.2) is 0 Å². The van der Waals surface area contributed by atoms with Gasteiger partial charge in [0, 0.05) is 0 Å². The Kier molecular flexibility index (Phi) is 4.90. The second-order valence-electron chi connectivity index (χ2n) is 3.40. The zero-order valence-corrected chi connectivity index (χ0v) is 8.33. The summed E-state index contributed by atoms with van der Waals surface area (Å²) in [5.74, 6) is -0.101. The van der Waals surface area contributed by atoms with Crippen LogP contribution in [-0.4, -0.2) is 18.1 Å². The highest BCUT2D eigenvalue weighted by molar-refractivity contribution is 5.75. The highest BCUT2D eigenvalue weighted by atomic mass is 16.5. The Balaban J connectivity index is 3.92. The number of carbonyl (C=O) groups excluding carboxylic acids is 1. The molecule has 0 rings (SSSR count). The van der Waals surface area contributed by atoms with E-state index in [1.54, 1.807) is 0 Å². The summed E-state index contributed by atoms with van der Waals surface area (Å²) in [6.07, 6.45) is 0.821. The van der Waals surface area contributed by atoms with Gasteiger partial charge in [-0.1, -0.05) is 20.3 Å². The van der Waals surface area contributed by atoms with Crippen LogP contribution in [0.5, 0.6) is 0 Å². The highest BCUT2D eigenvalue weighted by Crippen LogP contribution is 2.07. The van der Waals surface area contributed by atoms with Crippen molar-refractivity contribution in [2.24, 2.45) is 11.7 Å². The number of ether oxygens (including phenoxy) is 1. The van der Waals surface area contributed by atoms with E-state index in [1.165, 1.54) is 0 Å². The van der Waals surface area contributed by atoms with Crippen molar-refractivity contribution in [1.29, 1.82) is 0 Å². The van der Waals surface area contributed by atoms with E-state index in [1.807, 2.05) is 27.7 Å². The number of hydrogen-bond acceptors (Lipinski definition) is 3. The molecule has 2 atom stereocenters. The van der Waals surface area contributed by atoms with Crippen LogP contribution in [0.2, 0.25) is 0 Å². The van der Waals surface area contributed by atoms with Gasteiger partial charge >= 0.3 is 5.97 Å². The summed E-state index contributed by atoms with van der Waals surface area (Å²) in [6.45, 7) is 7.60. The van der Waals surface area contributed by atoms with Crippen LogP contribution in [0.1, 0.15) is 34.1 Å². The Bertz CT molecular complexity index is 145. The van der Waals surface area contributed by atoms with Gasteiger partial charge in [0.1, 0.15) is 6.04 Å². The van der Waals surface area contributed by atoms with Gasteiger partial charge in [-0.05, 0) is 19.8 Å². The lowest BCUT2D eigenvalue weighted by Gasteiger charge is -2.18. The molecule has 3 nitrogen and oxygen atoms in total. The fourth-order valence-electron chi connectivity index (χ4n) is 0.797. The van der Waals surface area contributed by atoms with Gasteiger partial charge in [0.15, 0.2) is 0 Å². The number of rotatable bonds is 4. The quantitative estimate of drug-likeness (QED) is 0.652. The molecular weight excluding hydrogens is 154 g/mol. The van der Waals surface area contributed by atoms with Crippen LogP contribution in [-0.2, 0) is 9.53 Å². The van der Waals surface area contributed by atoms with Gasteiger partial charge in [-0.2, -0.15) is 0 Å². The van der Waals surface area contributed by atoms with E-state index in [0.717, 1.165) is 6.42 Å². The third-order valence-corrected chi connectivity index (χ3v) is 1.88. The van der Waals surface area contributed by atoms with E-state index in [-0.39, 0.29) is 18.0 Å². The van der Waals surface area contributed by atoms with Gasteiger partial charge in [-0.3, -0.25) is 4.79 Å². The number of carbonyl (C=O) groups is 1.